The Kier molecular flexibility index (Phi) is 4.56. The minimum absolute atomic E-state index is 0.140. The number of hydrogen-bond acceptors (Lipinski definition) is 2. The summed E-state index contributed by atoms with van der Waals surface area (Å²) in [5.74, 6) is -0.140. The van der Waals surface area contributed by atoms with E-state index in [4.69, 9.17) is 0 Å². The highest BCUT2D eigenvalue weighted by molar-refractivity contribution is 5.48. The van der Waals surface area contributed by atoms with Gasteiger partial charge in [0.2, 0.25) is 0 Å². The molecule has 1 N–H and O–H groups in total. The second kappa shape index (κ2) is 5.71. The third-order valence-corrected chi connectivity index (χ3v) is 2.46. The van der Waals surface area contributed by atoms with Crippen molar-refractivity contribution in [1.29, 1.82) is 0 Å². The number of aryl methyl sites for hydroxylation is 1. The molecule has 0 spiro atoms. The van der Waals surface area contributed by atoms with Crippen LogP contribution in [0, 0.1) is 12.7 Å². The maximum atomic E-state index is 13.0. The third-order valence-electron chi connectivity index (χ3n) is 2.46. The van der Waals surface area contributed by atoms with Crippen LogP contribution < -0.4 is 10.2 Å². The zero-order valence-electron chi connectivity index (χ0n) is 9.68. The Morgan fingerprint density at radius 1 is 1.40 bits per heavy atom. The lowest BCUT2D eigenvalue weighted by Gasteiger charge is -2.19. The predicted molar refractivity (Wildman–Crippen MR) is 63.0 cm³/mol. The maximum Gasteiger partial charge on any atom is 0.126 e. The maximum absolute atomic E-state index is 13.0. The van der Waals surface area contributed by atoms with Gasteiger partial charge in [-0.15, -0.1) is 0 Å². The van der Waals surface area contributed by atoms with Crippen molar-refractivity contribution < 1.29 is 4.39 Å². The summed E-state index contributed by atoms with van der Waals surface area (Å²) in [6.45, 7) is 6.73. The summed E-state index contributed by atoms with van der Waals surface area (Å²) >= 11 is 0. The van der Waals surface area contributed by atoms with Crippen LogP contribution in [0.3, 0.4) is 0 Å². The topological polar surface area (TPSA) is 15.3 Å². The summed E-state index contributed by atoms with van der Waals surface area (Å²) in [7, 11) is 2.02. The van der Waals surface area contributed by atoms with Crippen molar-refractivity contribution in [1.82, 2.24) is 5.32 Å². The van der Waals surface area contributed by atoms with Gasteiger partial charge in [-0.1, -0.05) is 6.92 Å². The fourth-order valence-corrected chi connectivity index (χ4v) is 1.42. The molecule has 0 amide bonds. The Morgan fingerprint density at radius 3 is 2.73 bits per heavy atom. The Labute approximate surface area is 91.1 Å². The van der Waals surface area contributed by atoms with Gasteiger partial charge in [0.1, 0.15) is 5.82 Å². The summed E-state index contributed by atoms with van der Waals surface area (Å²) in [6.07, 6.45) is 0. The van der Waals surface area contributed by atoms with Gasteiger partial charge in [-0.05, 0) is 37.2 Å². The van der Waals surface area contributed by atoms with Crippen molar-refractivity contribution in [3.8, 4) is 0 Å². The highest BCUT2D eigenvalue weighted by Gasteiger charge is 2.02. The van der Waals surface area contributed by atoms with Gasteiger partial charge < -0.3 is 10.2 Å². The molecule has 1 rings (SSSR count). The van der Waals surface area contributed by atoms with Crippen LogP contribution in [0.15, 0.2) is 18.2 Å². The molecule has 1 aromatic carbocycles. The average molecular weight is 210 g/mol. The Hall–Kier alpha value is -1.09. The number of nitrogens with zero attached hydrogens (tertiary/aromatic N) is 1. The summed E-state index contributed by atoms with van der Waals surface area (Å²) in [4.78, 5) is 2.12. The summed E-state index contributed by atoms with van der Waals surface area (Å²) in [5.41, 5.74) is 1.76. The number of likely N-dealkylation sites (N-methyl/N-ethyl adjacent to an activating group) is 2. The number of halogens is 1. The largest absolute Gasteiger partial charge is 0.373 e. The first kappa shape index (κ1) is 12.0. The predicted octanol–water partition coefficient (Wildman–Crippen LogP) is 2.18. The summed E-state index contributed by atoms with van der Waals surface area (Å²) < 4.78 is 13.0. The van der Waals surface area contributed by atoms with Crippen molar-refractivity contribution in [2.75, 3.05) is 31.6 Å². The SMILES string of the molecule is CCNCCN(C)c1ccc(F)c(C)c1. The van der Waals surface area contributed by atoms with E-state index in [0.29, 0.717) is 5.56 Å². The van der Waals surface area contributed by atoms with Crippen LogP contribution in [0.25, 0.3) is 0 Å². The second-order valence-corrected chi connectivity index (χ2v) is 3.71. The highest BCUT2D eigenvalue weighted by atomic mass is 19.1. The van der Waals surface area contributed by atoms with E-state index < -0.39 is 0 Å². The van der Waals surface area contributed by atoms with E-state index >= 15 is 0 Å². The molecule has 0 bridgehead atoms. The van der Waals surface area contributed by atoms with Crippen molar-refractivity contribution in [2.24, 2.45) is 0 Å². The molecule has 84 valence electrons. The van der Waals surface area contributed by atoms with Crippen LogP contribution in [0.1, 0.15) is 12.5 Å². The Balaban J connectivity index is 2.57. The van der Waals surface area contributed by atoms with E-state index in [9.17, 15) is 4.39 Å². The lowest BCUT2D eigenvalue weighted by molar-refractivity contribution is 0.618. The summed E-state index contributed by atoms with van der Waals surface area (Å²) in [6, 6.07) is 5.21. The molecule has 0 atom stereocenters. The van der Waals surface area contributed by atoms with Gasteiger partial charge in [0.05, 0.1) is 0 Å². The molecule has 0 radical (unpaired) electrons. The van der Waals surface area contributed by atoms with Crippen molar-refractivity contribution >= 4 is 5.69 Å². The van der Waals surface area contributed by atoms with Crippen molar-refractivity contribution in [2.45, 2.75) is 13.8 Å². The Bertz CT molecular complexity index is 312. The average Bonchev–Trinajstić information content (AvgIpc) is 2.22. The van der Waals surface area contributed by atoms with Crippen LogP contribution >= 0.6 is 0 Å². The van der Waals surface area contributed by atoms with E-state index in [0.717, 1.165) is 25.3 Å². The van der Waals surface area contributed by atoms with Crippen molar-refractivity contribution in [3.63, 3.8) is 0 Å². The van der Waals surface area contributed by atoms with E-state index in [1.54, 1.807) is 6.92 Å². The van der Waals surface area contributed by atoms with Gasteiger partial charge in [-0.25, -0.2) is 4.39 Å². The molecule has 0 aliphatic heterocycles. The zero-order chi connectivity index (χ0) is 11.3. The molecule has 1 aromatic rings. The number of rotatable bonds is 5. The molecule has 0 heterocycles. The number of hydrogen-bond donors (Lipinski definition) is 1. The van der Waals surface area contributed by atoms with Crippen LogP contribution in [0.5, 0.6) is 0 Å². The standard InChI is InChI=1S/C12H19FN2/c1-4-14-7-8-15(3)11-5-6-12(13)10(2)9-11/h5-6,9,14H,4,7-8H2,1-3H3. The molecule has 0 saturated heterocycles. The molecule has 0 aliphatic rings. The molecule has 2 nitrogen and oxygen atoms in total. The van der Waals surface area contributed by atoms with Gasteiger partial charge in [0.25, 0.3) is 0 Å². The van der Waals surface area contributed by atoms with E-state index in [2.05, 4.69) is 17.1 Å². The highest BCUT2D eigenvalue weighted by Crippen LogP contribution is 2.16. The van der Waals surface area contributed by atoms with Crippen LogP contribution in [0.2, 0.25) is 0 Å². The lowest BCUT2D eigenvalue weighted by Crippen LogP contribution is -2.28. The van der Waals surface area contributed by atoms with Gasteiger partial charge >= 0.3 is 0 Å². The number of benzene rings is 1. The fourth-order valence-electron chi connectivity index (χ4n) is 1.42. The molecule has 15 heavy (non-hydrogen) atoms. The smallest absolute Gasteiger partial charge is 0.126 e. The zero-order valence-corrected chi connectivity index (χ0v) is 9.68. The van der Waals surface area contributed by atoms with E-state index in [1.165, 1.54) is 6.07 Å². The van der Waals surface area contributed by atoms with Crippen LogP contribution in [0.4, 0.5) is 10.1 Å². The van der Waals surface area contributed by atoms with Gasteiger partial charge in [0, 0.05) is 25.8 Å². The minimum Gasteiger partial charge on any atom is -0.373 e. The molecule has 0 unspecified atom stereocenters. The van der Waals surface area contributed by atoms with Gasteiger partial charge in [-0.2, -0.15) is 0 Å². The van der Waals surface area contributed by atoms with Gasteiger partial charge in [-0.3, -0.25) is 0 Å². The minimum atomic E-state index is -0.140. The van der Waals surface area contributed by atoms with E-state index in [1.807, 2.05) is 19.2 Å². The molecule has 0 saturated carbocycles. The first-order valence-corrected chi connectivity index (χ1v) is 5.33. The molecular formula is C12H19FN2. The lowest BCUT2D eigenvalue weighted by atomic mass is 10.2. The molecule has 0 fully saturated rings. The normalized spacial score (nSPS) is 10.4. The summed E-state index contributed by atoms with van der Waals surface area (Å²) in [5, 5.41) is 3.26. The second-order valence-electron chi connectivity index (χ2n) is 3.71. The quantitative estimate of drug-likeness (QED) is 0.749. The van der Waals surface area contributed by atoms with Crippen LogP contribution in [-0.4, -0.2) is 26.7 Å². The fraction of sp³-hybridized carbons (Fsp3) is 0.500. The number of anilines is 1. The van der Waals surface area contributed by atoms with E-state index in [-0.39, 0.29) is 5.82 Å². The number of nitrogens with one attached hydrogen (secondary N) is 1. The molecule has 3 heteroatoms. The monoisotopic (exact) mass is 210 g/mol. The molecule has 0 aliphatic carbocycles. The van der Waals surface area contributed by atoms with Crippen molar-refractivity contribution in [3.05, 3.63) is 29.6 Å². The van der Waals surface area contributed by atoms with Gasteiger partial charge in [0.15, 0.2) is 0 Å². The first-order chi connectivity index (χ1) is 7.15. The Morgan fingerprint density at radius 2 is 2.13 bits per heavy atom. The molecular weight excluding hydrogens is 191 g/mol. The molecule has 0 aromatic heterocycles. The third kappa shape index (κ3) is 3.51. The first-order valence-electron chi connectivity index (χ1n) is 5.33. The van der Waals surface area contributed by atoms with Crippen LogP contribution in [-0.2, 0) is 0 Å².